The monoisotopic (exact) mass is 1330 g/mol. The fraction of sp³-hybridized carbons (Fsp3) is 0.962. The van der Waals surface area contributed by atoms with Crippen molar-refractivity contribution >= 4 is 63.3 Å². The third kappa shape index (κ3) is 47.5. The van der Waals surface area contributed by atoms with E-state index in [9.17, 15) is 19.0 Å². The van der Waals surface area contributed by atoms with Crippen LogP contribution in [0.25, 0.3) is 0 Å². The number of hydrogen-bond donors (Lipinski definition) is 3. The molecule has 0 saturated carbocycles. The molecule has 0 spiro atoms. The summed E-state index contributed by atoms with van der Waals surface area (Å²) in [6, 6.07) is 3.86. The Balaban J connectivity index is -0.000000483. The van der Waals surface area contributed by atoms with E-state index in [1.807, 2.05) is 68.9 Å². The summed E-state index contributed by atoms with van der Waals surface area (Å²) < 4.78 is 108. The predicted octanol–water partition coefficient (Wildman–Crippen LogP) is 4.05. The maximum atomic E-state index is 11.4. The number of nitrogens with two attached hydrogens (primary N) is 2. The van der Waals surface area contributed by atoms with Crippen LogP contribution < -0.4 is 51.2 Å². The molecule has 3 unspecified atom stereocenters. The Morgan fingerprint density at radius 1 is 0.548 bits per heavy atom. The van der Waals surface area contributed by atoms with Gasteiger partial charge in [0.05, 0.1) is 32.2 Å². The number of rotatable bonds is 50. The maximum Gasteiger partial charge on any atom is 1.00 e. The molecule has 2 aliphatic heterocycles. The zero-order chi connectivity index (χ0) is 63.4. The van der Waals surface area contributed by atoms with Gasteiger partial charge in [-0.3, -0.25) is 9.59 Å². The molecule has 25 nitrogen and oxygen atoms in total. The molecule has 2 heterocycles. The Kier molecular flexibility index (Phi) is 62.3. The summed E-state index contributed by atoms with van der Waals surface area (Å²) in [6.07, 6.45) is 8.81. The number of carbonyl (C=O) groups excluding carboxylic acids is 2. The van der Waals surface area contributed by atoms with Crippen LogP contribution in [0.15, 0.2) is 0 Å². The van der Waals surface area contributed by atoms with Gasteiger partial charge in [0, 0.05) is 132 Å². The van der Waals surface area contributed by atoms with Gasteiger partial charge >= 0.3 is 85.3 Å². The van der Waals surface area contributed by atoms with Crippen LogP contribution in [0.5, 0.6) is 0 Å². The van der Waals surface area contributed by atoms with Crippen LogP contribution in [0, 0.1) is 5.92 Å². The molecule has 3 atom stereocenters. The van der Waals surface area contributed by atoms with E-state index in [4.69, 9.17) is 82.9 Å². The Morgan fingerprint density at radius 2 is 0.940 bits per heavy atom. The van der Waals surface area contributed by atoms with Gasteiger partial charge in [-0.05, 0) is 152 Å². The first-order chi connectivity index (χ1) is 39.6. The number of unbranched alkanes of at least 4 members (excludes halogenated alkanes) is 2. The normalized spacial score (nSPS) is 15.9. The van der Waals surface area contributed by atoms with Crippen molar-refractivity contribution in [3.05, 3.63) is 0 Å². The molecular formula is C52H119N3NaO22PSi5. The number of ether oxygens (including phenoxy) is 3. The summed E-state index contributed by atoms with van der Waals surface area (Å²) >= 11 is 0. The zero-order valence-corrected chi connectivity index (χ0v) is 63.3. The fourth-order valence-corrected chi connectivity index (χ4v) is 19.4. The minimum atomic E-state index is -3.63. The number of hydrogen-bond acceptors (Lipinski definition) is 25. The average Bonchev–Trinajstić information content (AvgIpc) is 4.35. The molecule has 2 rings (SSSR count). The third-order valence-corrected chi connectivity index (χ3v) is 28.2. The molecule has 0 aliphatic carbocycles. The molecule has 84 heavy (non-hydrogen) atoms. The minimum Gasteiger partial charge on any atom is -0.779 e. The van der Waals surface area contributed by atoms with Crippen LogP contribution in [-0.2, 0) is 94.9 Å². The number of carbonyl (C=O) groups is 2. The molecule has 32 heteroatoms. The van der Waals surface area contributed by atoms with Crippen molar-refractivity contribution in [1.82, 2.24) is 5.32 Å². The van der Waals surface area contributed by atoms with Gasteiger partial charge in [-0.1, -0.05) is 6.42 Å². The molecule has 2 aliphatic rings. The Hall–Kier alpha value is 0.614. The van der Waals surface area contributed by atoms with Crippen LogP contribution in [0.4, 0.5) is 0 Å². The van der Waals surface area contributed by atoms with E-state index in [0.717, 1.165) is 89.7 Å². The van der Waals surface area contributed by atoms with Crippen molar-refractivity contribution in [3.63, 3.8) is 0 Å². The van der Waals surface area contributed by atoms with Crippen LogP contribution in [0.3, 0.4) is 0 Å². The van der Waals surface area contributed by atoms with Gasteiger partial charge in [0.2, 0.25) is 0 Å². The molecule has 0 bridgehead atoms. The molecule has 0 amide bonds. The van der Waals surface area contributed by atoms with Gasteiger partial charge in [-0.25, -0.2) is 0 Å². The van der Waals surface area contributed by atoms with Gasteiger partial charge in [0.15, 0.2) is 0 Å². The van der Waals surface area contributed by atoms with E-state index < -0.39 is 63.3 Å². The first-order valence-electron chi connectivity index (χ1n) is 30.1. The molecule has 5 N–H and O–H groups in total. The molecule has 2 fully saturated rings. The second-order valence-corrected chi connectivity index (χ2v) is 35.5. The van der Waals surface area contributed by atoms with Gasteiger partial charge < -0.3 is 107 Å². The van der Waals surface area contributed by atoms with Crippen LogP contribution in [-0.4, -0.2) is 216 Å². The molecule has 500 valence electrons. The van der Waals surface area contributed by atoms with Gasteiger partial charge in [-0.2, -0.15) is 0 Å². The summed E-state index contributed by atoms with van der Waals surface area (Å²) in [4.78, 5) is 33.1. The summed E-state index contributed by atoms with van der Waals surface area (Å²) in [5.41, 5.74) is 10.8. The summed E-state index contributed by atoms with van der Waals surface area (Å²) in [6.45, 7) is 32.1. The predicted molar refractivity (Wildman–Crippen MR) is 330 cm³/mol. The van der Waals surface area contributed by atoms with Crippen LogP contribution in [0.1, 0.15) is 127 Å². The number of esters is 2. The van der Waals surface area contributed by atoms with E-state index in [1.165, 1.54) is 34.2 Å². The van der Waals surface area contributed by atoms with Crippen molar-refractivity contribution in [2.75, 3.05) is 154 Å². The average molecular weight is 1330 g/mol. The van der Waals surface area contributed by atoms with Crippen LogP contribution in [0.2, 0.25) is 36.8 Å². The molecule has 0 radical (unpaired) electrons. The molecular weight excluding hydrogens is 1210 g/mol. The van der Waals surface area contributed by atoms with Crippen molar-refractivity contribution in [2.45, 2.75) is 169 Å². The first-order valence-corrected chi connectivity index (χ1v) is 42.4. The van der Waals surface area contributed by atoms with E-state index >= 15 is 0 Å². The van der Waals surface area contributed by atoms with Crippen LogP contribution >= 0.6 is 7.60 Å². The van der Waals surface area contributed by atoms with Crippen molar-refractivity contribution in [3.8, 4) is 0 Å². The number of nitrogens with one attached hydrogen (secondary N) is 1. The molecule has 0 aromatic carbocycles. The summed E-state index contributed by atoms with van der Waals surface area (Å²) in [7, 11) is -7.62. The van der Waals surface area contributed by atoms with E-state index in [1.54, 1.807) is 14.2 Å². The van der Waals surface area contributed by atoms with E-state index in [-0.39, 0.29) is 48.5 Å². The zero-order valence-electron chi connectivity index (χ0n) is 55.4. The second-order valence-electron chi connectivity index (χ2n) is 18.8. The minimum absolute atomic E-state index is 0. The quantitative estimate of drug-likeness (QED) is 0.0193. The fourth-order valence-electron chi connectivity index (χ4n) is 7.99. The second kappa shape index (κ2) is 57.5. The van der Waals surface area contributed by atoms with Gasteiger partial charge in [0.1, 0.15) is 13.7 Å². The summed E-state index contributed by atoms with van der Waals surface area (Å²) in [5.74, 6) is -1.16. The maximum absolute atomic E-state index is 11.4. The summed E-state index contributed by atoms with van der Waals surface area (Å²) in [5, 5.41) is 3.46. The molecule has 2 saturated heterocycles. The first kappa shape index (κ1) is 91.0. The third-order valence-electron chi connectivity index (χ3n) is 12.2. The van der Waals surface area contributed by atoms with E-state index in [2.05, 4.69) is 14.6 Å². The van der Waals surface area contributed by atoms with E-state index in [0.29, 0.717) is 104 Å². The SMILES string of the molecule is CCO[Si](CCCC1CC(=O)OC1=O)(OCC)OCC.CCO[Si](CCCNCCCCCN)(OCC)OCC.CCO[Si](CCCOCC1CO1)(OCC)OCC.CO[Si](C)(CCCN)OC.CO[Si](CCCOP(C)(=O)[O-])(OC)OC.[Na+]. The number of cyclic esters (lactones) is 2. The number of epoxide rings is 1. The Morgan fingerprint density at radius 3 is 1.30 bits per heavy atom. The topological polar surface area (TPSA) is 308 Å². The standard InChI is InChI=1S/C14H34N2O3Si.C13H24O6Si.C12H26O5Si.C7H19O6PSi.C6H17NO2Si.Na/c1-4-17-20(18-5-2,19-6-3)14-10-13-16-12-9-7-8-11-15;1-4-16-20(17-5-2,18-6-3)9-7-8-11-10-12(14)19-13(11)15;1-4-15-18(16-5-2,17-6-3)9-7-8-13-10-12-11-14-12;1-10-15(11-2,12-3)7-5-6-13-14(4,8)9;1-8-10(3,9-2)6-4-5-7;/h16H,4-15H2,1-3H3;11H,4-10H2,1-3H3;12H,4-11H2,1-3H3;5-7H2,1-4H3,(H,8,9);4-7H2,1-3H3;/q;;;;;+1/p-1. The van der Waals surface area contributed by atoms with Gasteiger partial charge in [0.25, 0.3) is 0 Å². The Bertz CT molecular complexity index is 1500. The Labute approximate surface area is 535 Å². The molecule has 0 aromatic rings. The largest absolute Gasteiger partial charge is 1.00 e. The van der Waals surface area contributed by atoms with Crippen molar-refractivity contribution < 1.29 is 129 Å². The molecule has 0 aromatic heterocycles. The van der Waals surface area contributed by atoms with Crippen molar-refractivity contribution in [1.29, 1.82) is 0 Å². The van der Waals surface area contributed by atoms with Crippen molar-refractivity contribution in [2.24, 2.45) is 17.4 Å². The smallest absolute Gasteiger partial charge is 0.779 e. The van der Waals surface area contributed by atoms with Gasteiger partial charge in [-0.15, -0.1) is 0 Å².